The van der Waals surface area contributed by atoms with Crippen LogP contribution in [0.5, 0.6) is 0 Å². The average Bonchev–Trinajstić information content (AvgIpc) is 3.21. The van der Waals surface area contributed by atoms with Crippen molar-refractivity contribution in [3.63, 3.8) is 0 Å². The summed E-state index contributed by atoms with van der Waals surface area (Å²) in [6, 6.07) is 14.0. The molecule has 0 aliphatic carbocycles. The largest absolute Gasteiger partial charge is 0.324 e. The second-order valence-electron chi connectivity index (χ2n) is 8.94. The third kappa shape index (κ3) is 4.94. The second kappa shape index (κ2) is 9.89. The van der Waals surface area contributed by atoms with E-state index in [2.05, 4.69) is 31.6 Å². The molecule has 1 N–H and O–H groups in total. The number of hydrogen-bond acceptors (Lipinski definition) is 7. The van der Waals surface area contributed by atoms with E-state index in [1.807, 2.05) is 39.8 Å². The lowest BCUT2D eigenvalue weighted by molar-refractivity contribution is -0.114. The van der Waals surface area contributed by atoms with Gasteiger partial charge in [0, 0.05) is 12.3 Å². The third-order valence-corrected chi connectivity index (χ3v) is 5.10. The van der Waals surface area contributed by atoms with E-state index in [1.54, 1.807) is 18.2 Å². The van der Waals surface area contributed by atoms with Crippen molar-refractivity contribution in [1.29, 1.82) is 15.8 Å². The zero-order valence-electron chi connectivity index (χ0n) is 20.4. The number of benzene rings is 2. The van der Waals surface area contributed by atoms with Gasteiger partial charge >= 0.3 is 0 Å². The van der Waals surface area contributed by atoms with Crippen LogP contribution < -0.4 is 5.32 Å². The summed E-state index contributed by atoms with van der Waals surface area (Å²) in [4.78, 5) is 15.1. The van der Waals surface area contributed by atoms with E-state index in [-0.39, 0.29) is 39.8 Å². The number of aryl methyl sites for hydroxylation is 1. The SMILES string of the molecule is [C-]#[N+]c1cc(-n2nc(C(C)(C)C)c(C#N)c2N=Nc2ccc(C)cc2NC(C)=O)c(C#N)cc1C#N. The molecule has 10 nitrogen and oxygen atoms in total. The van der Waals surface area contributed by atoms with Gasteiger partial charge in [-0.1, -0.05) is 26.8 Å². The Labute approximate surface area is 208 Å². The van der Waals surface area contributed by atoms with Crippen molar-refractivity contribution in [3.8, 4) is 23.9 Å². The summed E-state index contributed by atoms with van der Waals surface area (Å²) < 4.78 is 1.29. The van der Waals surface area contributed by atoms with E-state index in [4.69, 9.17) is 6.57 Å². The zero-order chi connectivity index (χ0) is 26.6. The van der Waals surface area contributed by atoms with Crippen LogP contribution in [0.2, 0.25) is 0 Å². The Kier molecular flexibility index (Phi) is 6.95. The topological polar surface area (TPSA) is 147 Å². The summed E-state index contributed by atoms with van der Waals surface area (Å²) >= 11 is 0. The van der Waals surface area contributed by atoms with Crippen LogP contribution in [0.3, 0.4) is 0 Å². The van der Waals surface area contributed by atoms with Crippen LogP contribution in [-0.4, -0.2) is 15.7 Å². The summed E-state index contributed by atoms with van der Waals surface area (Å²) in [5.74, 6) is -0.230. The normalized spacial score (nSPS) is 10.8. The fraction of sp³-hybridized carbons (Fsp3) is 0.231. The highest BCUT2D eigenvalue weighted by molar-refractivity contribution is 5.92. The van der Waals surface area contributed by atoms with Gasteiger partial charge in [-0.2, -0.15) is 20.9 Å². The highest BCUT2D eigenvalue weighted by atomic mass is 16.1. The molecule has 0 spiro atoms. The number of aromatic nitrogens is 2. The van der Waals surface area contributed by atoms with Gasteiger partial charge in [0.15, 0.2) is 5.82 Å². The lowest BCUT2D eigenvalue weighted by Crippen LogP contribution is -2.14. The number of nitrogens with one attached hydrogen (secondary N) is 1. The molecule has 0 fully saturated rings. The minimum Gasteiger partial charge on any atom is -0.324 e. The number of azo groups is 1. The van der Waals surface area contributed by atoms with Crippen molar-refractivity contribution in [3.05, 3.63) is 69.7 Å². The van der Waals surface area contributed by atoms with Gasteiger partial charge < -0.3 is 5.32 Å². The van der Waals surface area contributed by atoms with Crippen LogP contribution in [0.15, 0.2) is 40.6 Å². The number of hydrogen-bond donors (Lipinski definition) is 1. The van der Waals surface area contributed by atoms with Crippen molar-refractivity contribution in [2.24, 2.45) is 10.2 Å². The van der Waals surface area contributed by atoms with Gasteiger partial charge in [-0.05, 0) is 36.8 Å². The fourth-order valence-electron chi connectivity index (χ4n) is 3.45. The average molecular weight is 476 g/mol. The molecule has 3 rings (SSSR count). The minimum atomic E-state index is -0.562. The molecule has 10 heteroatoms. The zero-order valence-corrected chi connectivity index (χ0v) is 20.4. The lowest BCUT2D eigenvalue weighted by Gasteiger charge is -2.15. The molecule has 176 valence electrons. The Morgan fingerprint density at radius 1 is 1.08 bits per heavy atom. The summed E-state index contributed by atoms with van der Waals surface area (Å²) in [6.07, 6.45) is 0. The van der Waals surface area contributed by atoms with Gasteiger partial charge in [-0.25, -0.2) is 9.53 Å². The Morgan fingerprint density at radius 2 is 1.78 bits per heavy atom. The van der Waals surface area contributed by atoms with Crippen molar-refractivity contribution in [2.45, 2.75) is 40.0 Å². The first-order chi connectivity index (χ1) is 17.0. The number of carbonyl (C=O) groups is 1. The number of nitrogens with zero attached hydrogens (tertiary/aromatic N) is 8. The molecule has 0 aliphatic rings. The van der Waals surface area contributed by atoms with Crippen LogP contribution in [0.25, 0.3) is 10.5 Å². The Hall–Kier alpha value is -5.32. The van der Waals surface area contributed by atoms with Crippen LogP contribution in [0.4, 0.5) is 22.9 Å². The number of nitriles is 3. The highest BCUT2D eigenvalue weighted by Gasteiger charge is 2.29. The molecule has 0 radical (unpaired) electrons. The summed E-state index contributed by atoms with van der Waals surface area (Å²) in [6.45, 7) is 16.3. The number of rotatable bonds is 4. The Morgan fingerprint density at radius 3 is 2.33 bits per heavy atom. The standard InChI is InChI=1S/C26H21N9O/c1-15-7-8-20(22(9-15)31-16(2)36)32-33-25-19(14-29)24(26(3,4)5)34-35(25)23-11-21(30-6)17(12-27)10-18(23)13-28/h7-11H,1-5H3,(H,31,36). The Balaban J connectivity index is 2.35. The fourth-order valence-corrected chi connectivity index (χ4v) is 3.45. The number of amides is 1. The van der Waals surface area contributed by atoms with E-state index in [1.165, 1.54) is 23.7 Å². The molecular formula is C26H21N9O. The van der Waals surface area contributed by atoms with Gasteiger partial charge in [-0.3, -0.25) is 4.79 Å². The van der Waals surface area contributed by atoms with Gasteiger partial charge in [-0.15, -0.1) is 10.2 Å². The predicted octanol–water partition coefficient (Wildman–Crippen LogP) is 6.02. The van der Waals surface area contributed by atoms with E-state index in [0.717, 1.165) is 5.56 Å². The molecule has 2 aromatic carbocycles. The maximum absolute atomic E-state index is 11.7. The summed E-state index contributed by atoms with van der Waals surface area (Å²) in [5, 5.41) is 45.1. The van der Waals surface area contributed by atoms with Crippen LogP contribution in [-0.2, 0) is 10.2 Å². The first kappa shape index (κ1) is 25.3. The first-order valence-electron chi connectivity index (χ1n) is 10.7. The molecule has 1 aromatic heterocycles. The maximum Gasteiger partial charge on any atom is 0.221 e. The van der Waals surface area contributed by atoms with E-state index in [0.29, 0.717) is 17.1 Å². The molecule has 3 aromatic rings. The molecule has 36 heavy (non-hydrogen) atoms. The van der Waals surface area contributed by atoms with Crippen molar-refractivity contribution >= 4 is 28.8 Å². The molecule has 0 unspecified atom stereocenters. The second-order valence-corrected chi connectivity index (χ2v) is 8.94. The molecular weight excluding hydrogens is 454 g/mol. The number of anilines is 1. The van der Waals surface area contributed by atoms with Crippen LogP contribution >= 0.6 is 0 Å². The predicted molar refractivity (Wildman–Crippen MR) is 132 cm³/mol. The van der Waals surface area contributed by atoms with E-state index >= 15 is 0 Å². The molecule has 1 heterocycles. The molecule has 0 bridgehead atoms. The molecule has 0 atom stereocenters. The first-order valence-corrected chi connectivity index (χ1v) is 10.7. The van der Waals surface area contributed by atoms with Gasteiger partial charge in [0.05, 0.1) is 40.8 Å². The summed E-state index contributed by atoms with van der Waals surface area (Å²) in [7, 11) is 0. The molecule has 0 aliphatic heterocycles. The van der Waals surface area contributed by atoms with Crippen molar-refractivity contribution in [2.75, 3.05) is 5.32 Å². The molecule has 0 saturated carbocycles. The van der Waals surface area contributed by atoms with Crippen molar-refractivity contribution in [1.82, 2.24) is 9.78 Å². The highest BCUT2D eigenvalue weighted by Crippen LogP contribution is 2.37. The maximum atomic E-state index is 11.7. The number of carbonyl (C=O) groups excluding carboxylic acids is 1. The van der Waals surface area contributed by atoms with Gasteiger partial charge in [0.1, 0.15) is 23.4 Å². The quantitative estimate of drug-likeness (QED) is 0.362. The third-order valence-electron chi connectivity index (χ3n) is 5.10. The molecule has 0 saturated heterocycles. The van der Waals surface area contributed by atoms with Crippen LogP contribution in [0, 0.1) is 47.5 Å². The lowest BCUT2D eigenvalue weighted by atomic mass is 9.90. The smallest absolute Gasteiger partial charge is 0.221 e. The summed E-state index contributed by atoms with van der Waals surface area (Å²) in [5.41, 5.74) is 2.06. The van der Waals surface area contributed by atoms with E-state index < -0.39 is 5.41 Å². The Bertz CT molecular complexity index is 1580. The van der Waals surface area contributed by atoms with Crippen LogP contribution in [0.1, 0.15) is 55.6 Å². The molecule has 1 amide bonds. The van der Waals surface area contributed by atoms with Gasteiger partial charge in [0.25, 0.3) is 0 Å². The minimum absolute atomic E-state index is 0.0344. The van der Waals surface area contributed by atoms with Gasteiger partial charge in [0.2, 0.25) is 11.6 Å². The van der Waals surface area contributed by atoms with E-state index in [9.17, 15) is 20.6 Å². The monoisotopic (exact) mass is 475 g/mol. The van der Waals surface area contributed by atoms with Crippen molar-refractivity contribution < 1.29 is 4.79 Å².